The van der Waals surface area contributed by atoms with Gasteiger partial charge in [-0.15, -0.1) is 0 Å². The predicted octanol–water partition coefficient (Wildman–Crippen LogP) is 5.45. The standard InChI is InChI=1S/C19H24F3NO/c1-13(11-18(3,4)17-10-5-14(2)24-17)23-12-15-6-8-16(9-7-15)19(20,21)22/h5-10,13,23H,11-12H2,1-4H3/t13-/m1/s1. The molecule has 5 heteroatoms. The van der Waals surface area contributed by atoms with Crippen molar-refractivity contribution in [1.29, 1.82) is 0 Å². The average Bonchev–Trinajstić information content (AvgIpc) is 2.92. The Morgan fingerprint density at radius 3 is 2.17 bits per heavy atom. The van der Waals surface area contributed by atoms with Crippen molar-refractivity contribution in [1.82, 2.24) is 5.32 Å². The summed E-state index contributed by atoms with van der Waals surface area (Å²) in [6, 6.07) is 9.43. The summed E-state index contributed by atoms with van der Waals surface area (Å²) in [5.41, 5.74) is 0.107. The van der Waals surface area contributed by atoms with Crippen LogP contribution in [0.2, 0.25) is 0 Å². The number of hydrogen-bond acceptors (Lipinski definition) is 2. The van der Waals surface area contributed by atoms with E-state index in [0.29, 0.717) is 6.54 Å². The maximum absolute atomic E-state index is 12.6. The van der Waals surface area contributed by atoms with Crippen molar-refractivity contribution in [2.45, 2.75) is 58.3 Å². The van der Waals surface area contributed by atoms with Crippen LogP contribution in [0, 0.1) is 6.92 Å². The Hall–Kier alpha value is -1.75. The summed E-state index contributed by atoms with van der Waals surface area (Å²) in [4.78, 5) is 0. The van der Waals surface area contributed by atoms with Gasteiger partial charge < -0.3 is 9.73 Å². The second-order valence-corrected chi connectivity index (χ2v) is 6.97. The number of hydrogen-bond donors (Lipinski definition) is 1. The van der Waals surface area contributed by atoms with Crippen molar-refractivity contribution in [3.63, 3.8) is 0 Å². The molecular formula is C19H24F3NO. The van der Waals surface area contributed by atoms with Crippen LogP contribution >= 0.6 is 0 Å². The second kappa shape index (κ2) is 7.01. The van der Waals surface area contributed by atoms with Crippen molar-refractivity contribution in [2.75, 3.05) is 0 Å². The highest BCUT2D eigenvalue weighted by Gasteiger charge is 2.30. The van der Waals surface area contributed by atoms with E-state index in [1.54, 1.807) is 0 Å². The van der Waals surface area contributed by atoms with Gasteiger partial charge in [-0.05, 0) is 50.1 Å². The van der Waals surface area contributed by atoms with E-state index in [-0.39, 0.29) is 11.5 Å². The molecule has 24 heavy (non-hydrogen) atoms. The highest BCUT2D eigenvalue weighted by Crippen LogP contribution is 2.30. The Bertz CT molecular complexity index is 656. The van der Waals surface area contributed by atoms with E-state index in [4.69, 9.17) is 4.42 Å². The molecule has 0 radical (unpaired) electrons. The third-order valence-corrected chi connectivity index (χ3v) is 4.16. The van der Waals surface area contributed by atoms with Gasteiger partial charge in [0.2, 0.25) is 0 Å². The highest BCUT2D eigenvalue weighted by molar-refractivity contribution is 5.24. The number of alkyl halides is 3. The smallest absolute Gasteiger partial charge is 0.416 e. The quantitative estimate of drug-likeness (QED) is 0.757. The molecule has 0 saturated heterocycles. The molecule has 1 atom stereocenters. The first-order valence-electron chi connectivity index (χ1n) is 8.04. The molecule has 0 fully saturated rings. The first-order valence-corrected chi connectivity index (χ1v) is 8.04. The summed E-state index contributed by atoms with van der Waals surface area (Å²) in [7, 11) is 0. The monoisotopic (exact) mass is 339 g/mol. The molecule has 1 aromatic carbocycles. The van der Waals surface area contributed by atoms with Crippen LogP contribution in [0.3, 0.4) is 0 Å². The summed E-state index contributed by atoms with van der Waals surface area (Å²) in [6.45, 7) is 8.78. The van der Waals surface area contributed by atoms with E-state index in [1.165, 1.54) is 12.1 Å². The molecule has 0 aliphatic heterocycles. The molecule has 0 amide bonds. The van der Waals surface area contributed by atoms with Gasteiger partial charge >= 0.3 is 6.18 Å². The van der Waals surface area contributed by atoms with Crippen LogP contribution in [0.15, 0.2) is 40.8 Å². The molecular weight excluding hydrogens is 315 g/mol. The van der Waals surface area contributed by atoms with Gasteiger partial charge in [-0.3, -0.25) is 0 Å². The van der Waals surface area contributed by atoms with Gasteiger partial charge in [0.1, 0.15) is 11.5 Å². The molecule has 0 unspecified atom stereocenters. The molecule has 0 spiro atoms. The van der Waals surface area contributed by atoms with Gasteiger partial charge in [0.25, 0.3) is 0 Å². The van der Waals surface area contributed by atoms with E-state index in [1.807, 2.05) is 19.1 Å². The van der Waals surface area contributed by atoms with Crippen LogP contribution in [-0.2, 0) is 18.1 Å². The molecule has 0 bridgehead atoms. The Labute approximate surface area is 141 Å². The minimum Gasteiger partial charge on any atom is -0.466 e. The molecule has 0 aliphatic rings. The van der Waals surface area contributed by atoms with Crippen molar-refractivity contribution >= 4 is 0 Å². The Kier molecular flexibility index (Phi) is 5.43. The number of rotatable bonds is 6. The van der Waals surface area contributed by atoms with Crippen LogP contribution < -0.4 is 5.32 Å². The van der Waals surface area contributed by atoms with Gasteiger partial charge in [0, 0.05) is 18.0 Å². The van der Waals surface area contributed by atoms with Crippen molar-refractivity contribution in [2.24, 2.45) is 0 Å². The largest absolute Gasteiger partial charge is 0.466 e. The lowest BCUT2D eigenvalue weighted by Crippen LogP contribution is -2.32. The number of aryl methyl sites for hydroxylation is 1. The Balaban J connectivity index is 1.90. The molecule has 1 aromatic heterocycles. The zero-order valence-corrected chi connectivity index (χ0v) is 14.5. The summed E-state index contributed by atoms with van der Waals surface area (Å²) >= 11 is 0. The normalized spacial score (nSPS) is 14.0. The van der Waals surface area contributed by atoms with E-state index >= 15 is 0 Å². The number of nitrogens with one attached hydrogen (secondary N) is 1. The topological polar surface area (TPSA) is 25.2 Å². The van der Waals surface area contributed by atoms with E-state index in [2.05, 4.69) is 26.1 Å². The average molecular weight is 339 g/mol. The maximum Gasteiger partial charge on any atom is 0.416 e. The van der Waals surface area contributed by atoms with Gasteiger partial charge in [0.15, 0.2) is 0 Å². The van der Waals surface area contributed by atoms with Crippen LogP contribution in [0.1, 0.15) is 49.8 Å². The zero-order valence-electron chi connectivity index (χ0n) is 14.5. The SMILES string of the molecule is Cc1ccc(C(C)(C)C[C@@H](C)NCc2ccc(C(F)(F)F)cc2)o1. The van der Waals surface area contributed by atoms with Gasteiger partial charge in [-0.2, -0.15) is 13.2 Å². The Morgan fingerprint density at radius 1 is 1.04 bits per heavy atom. The fraction of sp³-hybridized carbons (Fsp3) is 0.474. The lowest BCUT2D eigenvalue weighted by molar-refractivity contribution is -0.137. The fourth-order valence-corrected chi connectivity index (χ4v) is 2.84. The molecule has 0 aliphatic carbocycles. The molecule has 2 aromatic rings. The summed E-state index contributed by atoms with van der Waals surface area (Å²) in [5, 5.41) is 3.37. The molecule has 0 saturated carbocycles. The van der Waals surface area contributed by atoms with Gasteiger partial charge in [-0.25, -0.2) is 0 Å². The Morgan fingerprint density at radius 2 is 1.67 bits per heavy atom. The molecule has 1 heterocycles. The number of benzene rings is 1. The zero-order chi connectivity index (χ0) is 18.0. The fourth-order valence-electron chi connectivity index (χ4n) is 2.84. The lowest BCUT2D eigenvalue weighted by atomic mass is 9.83. The van der Waals surface area contributed by atoms with E-state index in [9.17, 15) is 13.2 Å². The van der Waals surface area contributed by atoms with Crippen LogP contribution in [0.25, 0.3) is 0 Å². The van der Waals surface area contributed by atoms with Crippen LogP contribution in [-0.4, -0.2) is 6.04 Å². The first-order chi connectivity index (χ1) is 11.1. The molecule has 1 N–H and O–H groups in total. The predicted molar refractivity (Wildman–Crippen MR) is 88.8 cm³/mol. The summed E-state index contributed by atoms with van der Waals surface area (Å²) in [5.74, 6) is 1.84. The lowest BCUT2D eigenvalue weighted by Gasteiger charge is -2.26. The number of furan rings is 1. The minimum absolute atomic E-state index is 0.110. The first kappa shape index (κ1) is 18.6. The summed E-state index contributed by atoms with van der Waals surface area (Å²) in [6.07, 6.45) is -3.43. The minimum atomic E-state index is -4.29. The van der Waals surface area contributed by atoms with Crippen LogP contribution in [0.5, 0.6) is 0 Å². The second-order valence-electron chi connectivity index (χ2n) is 6.97. The van der Waals surface area contributed by atoms with Crippen molar-refractivity contribution in [3.8, 4) is 0 Å². The molecule has 2 nitrogen and oxygen atoms in total. The number of halogens is 3. The maximum atomic E-state index is 12.6. The van der Waals surface area contributed by atoms with E-state index in [0.717, 1.165) is 35.6 Å². The summed E-state index contributed by atoms with van der Waals surface area (Å²) < 4.78 is 43.4. The third-order valence-electron chi connectivity index (χ3n) is 4.16. The van der Waals surface area contributed by atoms with Crippen LogP contribution in [0.4, 0.5) is 13.2 Å². The van der Waals surface area contributed by atoms with Crippen molar-refractivity contribution < 1.29 is 17.6 Å². The third kappa shape index (κ3) is 4.87. The molecule has 2 rings (SSSR count). The highest BCUT2D eigenvalue weighted by atomic mass is 19.4. The van der Waals surface area contributed by atoms with Crippen molar-refractivity contribution in [3.05, 3.63) is 59.0 Å². The molecule has 132 valence electrons. The van der Waals surface area contributed by atoms with Gasteiger partial charge in [-0.1, -0.05) is 26.0 Å². The van der Waals surface area contributed by atoms with E-state index < -0.39 is 11.7 Å². The van der Waals surface area contributed by atoms with Gasteiger partial charge in [0.05, 0.1) is 5.56 Å².